The molecule has 2 aromatic carbocycles. The quantitative estimate of drug-likeness (QED) is 0.731. The summed E-state index contributed by atoms with van der Waals surface area (Å²) in [6.45, 7) is 0.773. The van der Waals surface area contributed by atoms with Gasteiger partial charge in [0.05, 0.1) is 11.2 Å². The minimum absolute atomic E-state index is 0.363. The number of rotatable bonds is 5. The van der Waals surface area contributed by atoms with Gasteiger partial charge in [0.2, 0.25) is 0 Å². The lowest BCUT2D eigenvalue weighted by Gasteiger charge is -2.09. The van der Waals surface area contributed by atoms with E-state index in [0.717, 1.165) is 22.6 Å². The molecule has 0 amide bonds. The maximum Gasteiger partial charge on any atom is 0.150 e. The van der Waals surface area contributed by atoms with Gasteiger partial charge >= 0.3 is 0 Å². The highest BCUT2D eigenvalue weighted by Crippen LogP contribution is 2.22. The largest absolute Gasteiger partial charge is 0.486 e. The van der Waals surface area contributed by atoms with Crippen LogP contribution in [0.2, 0.25) is 0 Å². The SMILES string of the molecule is COCn1c(COc2ccccc2)nc2c(N)cccc21. The number of aromatic nitrogens is 2. The summed E-state index contributed by atoms with van der Waals surface area (Å²) in [4.78, 5) is 4.58. The molecule has 5 nitrogen and oxygen atoms in total. The molecule has 3 aromatic rings. The van der Waals surface area contributed by atoms with Crippen LogP contribution in [0.5, 0.6) is 5.75 Å². The van der Waals surface area contributed by atoms with Gasteiger partial charge in [0, 0.05) is 7.11 Å². The number of para-hydroxylation sites is 2. The Balaban J connectivity index is 1.93. The lowest BCUT2D eigenvalue weighted by Crippen LogP contribution is -2.08. The normalized spacial score (nSPS) is 10.9. The number of nitrogens with zero attached hydrogens (tertiary/aromatic N) is 2. The van der Waals surface area contributed by atoms with Crippen molar-refractivity contribution in [3.63, 3.8) is 0 Å². The van der Waals surface area contributed by atoms with Crippen LogP contribution in [0.3, 0.4) is 0 Å². The molecule has 0 aliphatic heterocycles. The van der Waals surface area contributed by atoms with Crippen LogP contribution in [-0.2, 0) is 18.1 Å². The number of nitrogen functional groups attached to an aromatic ring is 1. The smallest absolute Gasteiger partial charge is 0.150 e. The van der Waals surface area contributed by atoms with Gasteiger partial charge in [-0.15, -0.1) is 0 Å². The Hall–Kier alpha value is -2.53. The number of ether oxygens (including phenoxy) is 2. The van der Waals surface area contributed by atoms with Crippen molar-refractivity contribution in [2.75, 3.05) is 12.8 Å². The van der Waals surface area contributed by atoms with Gasteiger partial charge < -0.3 is 19.8 Å². The molecular formula is C16H17N3O2. The van der Waals surface area contributed by atoms with Gasteiger partial charge in [-0.05, 0) is 24.3 Å². The summed E-state index contributed by atoms with van der Waals surface area (Å²) in [6.07, 6.45) is 0. The van der Waals surface area contributed by atoms with E-state index in [0.29, 0.717) is 19.0 Å². The van der Waals surface area contributed by atoms with E-state index in [1.165, 1.54) is 0 Å². The minimum atomic E-state index is 0.363. The van der Waals surface area contributed by atoms with Crippen LogP contribution in [0, 0.1) is 0 Å². The molecule has 0 fully saturated rings. The molecule has 5 heteroatoms. The molecule has 1 aromatic heterocycles. The lowest BCUT2D eigenvalue weighted by atomic mass is 10.3. The average molecular weight is 283 g/mol. The van der Waals surface area contributed by atoms with Crippen molar-refractivity contribution in [3.8, 4) is 5.75 Å². The number of hydrogen-bond acceptors (Lipinski definition) is 4. The third-order valence-corrected chi connectivity index (χ3v) is 3.26. The number of fused-ring (bicyclic) bond motifs is 1. The van der Waals surface area contributed by atoms with Crippen LogP contribution in [0.1, 0.15) is 5.82 Å². The van der Waals surface area contributed by atoms with Crippen LogP contribution in [0.25, 0.3) is 11.0 Å². The first kappa shape index (κ1) is 13.5. The average Bonchev–Trinajstić information content (AvgIpc) is 2.86. The fourth-order valence-electron chi connectivity index (χ4n) is 2.26. The lowest BCUT2D eigenvalue weighted by molar-refractivity contribution is 0.127. The molecule has 0 aliphatic rings. The van der Waals surface area contributed by atoms with Gasteiger partial charge in [0.25, 0.3) is 0 Å². The number of nitrogens with two attached hydrogens (primary N) is 1. The van der Waals surface area contributed by atoms with Crippen molar-refractivity contribution in [3.05, 3.63) is 54.4 Å². The monoisotopic (exact) mass is 283 g/mol. The second-order valence-corrected chi connectivity index (χ2v) is 4.69. The second-order valence-electron chi connectivity index (χ2n) is 4.69. The van der Waals surface area contributed by atoms with Crippen molar-refractivity contribution in [1.29, 1.82) is 0 Å². The molecule has 1 heterocycles. The third kappa shape index (κ3) is 2.68. The number of benzene rings is 2. The molecule has 108 valence electrons. The molecule has 0 saturated heterocycles. The van der Waals surface area contributed by atoms with Crippen LogP contribution in [-0.4, -0.2) is 16.7 Å². The second kappa shape index (κ2) is 5.85. The third-order valence-electron chi connectivity index (χ3n) is 3.26. The topological polar surface area (TPSA) is 62.3 Å². The summed E-state index contributed by atoms with van der Waals surface area (Å²) in [7, 11) is 1.65. The molecule has 0 aliphatic carbocycles. The van der Waals surface area contributed by atoms with Crippen LogP contribution in [0.15, 0.2) is 48.5 Å². The van der Waals surface area contributed by atoms with E-state index in [4.69, 9.17) is 15.2 Å². The predicted octanol–water partition coefficient (Wildman–Crippen LogP) is 2.80. The molecule has 0 bridgehead atoms. The minimum Gasteiger partial charge on any atom is -0.486 e. The van der Waals surface area contributed by atoms with Gasteiger partial charge in [0.15, 0.2) is 0 Å². The molecule has 0 unspecified atom stereocenters. The van der Waals surface area contributed by atoms with Crippen LogP contribution < -0.4 is 10.5 Å². The van der Waals surface area contributed by atoms with Crippen molar-refractivity contribution < 1.29 is 9.47 Å². The van der Waals surface area contributed by atoms with E-state index >= 15 is 0 Å². The van der Waals surface area contributed by atoms with Crippen molar-refractivity contribution in [2.24, 2.45) is 0 Å². The zero-order chi connectivity index (χ0) is 14.7. The van der Waals surface area contributed by atoms with Crippen LogP contribution >= 0.6 is 0 Å². The first-order chi connectivity index (χ1) is 10.3. The molecule has 0 radical (unpaired) electrons. The molecule has 0 spiro atoms. The Kier molecular flexibility index (Phi) is 3.75. The van der Waals surface area contributed by atoms with Gasteiger partial charge in [-0.1, -0.05) is 24.3 Å². The number of hydrogen-bond donors (Lipinski definition) is 1. The zero-order valence-corrected chi connectivity index (χ0v) is 11.8. The van der Waals surface area contributed by atoms with Crippen LogP contribution in [0.4, 0.5) is 5.69 Å². The summed E-state index contributed by atoms with van der Waals surface area (Å²) in [6, 6.07) is 15.4. The van der Waals surface area contributed by atoms with Gasteiger partial charge in [-0.25, -0.2) is 4.98 Å². The maximum absolute atomic E-state index is 5.98. The van der Waals surface area contributed by atoms with Gasteiger partial charge in [0.1, 0.15) is 30.4 Å². The number of methoxy groups -OCH3 is 1. The van der Waals surface area contributed by atoms with E-state index in [9.17, 15) is 0 Å². The zero-order valence-electron chi connectivity index (χ0n) is 11.8. The fraction of sp³-hybridized carbons (Fsp3) is 0.188. The predicted molar refractivity (Wildman–Crippen MR) is 81.9 cm³/mol. The Labute approximate surface area is 122 Å². The number of anilines is 1. The molecule has 21 heavy (non-hydrogen) atoms. The molecular weight excluding hydrogens is 266 g/mol. The Bertz CT molecular complexity index is 738. The molecule has 0 atom stereocenters. The highest BCUT2D eigenvalue weighted by atomic mass is 16.5. The van der Waals surface area contributed by atoms with E-state index in [-0.39, 0.29) is 0 Å². The van der Waals surface area contributed by atoms with Crippen molar-refractivity contribution in [2.45, 2.75) is 13.3 Å². The van der Waals surface area contributed by atoms with Gasteiger partial charge in [-0.3, -0.25) is 0 Å². The van der Waals surface area contributed by atoms with E-state index in [2.05, 4.69) is 4.98 Å². The molecule has 0 saturated carbocycles. The highest BCUT2D eigenvalue weighted by molar-refractivity contribution is 5.87. The standard InChI is InChI=1S/C16H17N3O2/c1-20-11-19-14-9-5-8-13(17)16(14)18-15(19)10-21-12-6-3-2-4-7-12/h2-9H,10-11,17H2,1H3. The number of imidazole rings is 1. The molecule has 2 N–H and O–H groups in total. The van der Waals surface area contributed by atoms with E-state index < -0.39 is 0 Å². The van der Waals surface area contributed by atoms with Gasteiger partial charge in [-0.2, -0.15) is 0 Å². The van der Waals surface area contributed by atoms with E-state index in [1.54, 1.807) is 7.11 Å². The fourth-order valence-corrected chi connectivity index (χ4v) is 2.26. The first-order valence-corrected chi connectivity index (χ1v) is 6.70. The van der Waals surface area contributed by atoms with E-state index in [1.807, 2.05) is 53.1 Å². The Morgan fingerprint density at radius 1 is 1.10 bits per heavy atom. The maximum atomic E-state index is 5.98. The summed E-state index contributed by atoms with van der Waals surface area (Å²) in [5.74, 6) is 1.59. The van der Waals surface area contributed by atoms with Crippen molar-refractivity contribution >= 4 is 16.7 Å². The Morgan fingerprint density at radius 2 is 1.90 bits per heavy atom. The summed E-state index contributed by atoms with van der Waals surface area (Å²) in [5.41, 5.74) is 8.37. The Morgan fingerprint density at radius 3 is 2.67 bits per heavy atom. The molecule has 3 rings (SSSR count). The highest BCUT2D eigenvalue weighted by Gasteiger charge is 2.12. The summed E-state index contributed by atoms with van der Waals surface area (Å²) < 4.78 is 13.0. The summed E-state index contributed by atoms with van der Waals surface area (Å²) in [5, 5.41) is 0. The summed E-state index contributed by atoms with van der Waals surface area (Å²) >= 11 is 0. The van der Waals surface area contributed by atoms with Crippen molar-refractivity contribution in [1.82, 2.24) is 9.55 Å². The first-order valence-electron chi connectivity index (χ1n) is 6.70.